The van der Waals surface area contributed by atoms with Crippen LogP contribution in [-0.4, -0.2) is 76.6 Å². The van der Waals surface area contributed by atoms with Gasteiger partial charge in [-0.2, -0.15) is 5.10 Å². The first kappa shape index (κ1) is 24.5. The van der Waals surface area contributed by atoms with Gasteiger partial charge in [0.15, 0.2) is 12.1 Å². The topological polar surface area (TPSA) is 114 Å². The number of ether oxygens (including phenoxy) is 1. The molecule has 3 fully saturated rings. The first-order valence-corrected chi connectivity index (χ1v) is 12.1. The number of carbonyl (C=O) groups excluding carboxylic acids is 3. The number of rotatable bonds is 10. The lowest BCUT2D eigenvalue weighted by molar-refractivity contribution is -0.276. The van der Waals surface area contributed by atoms with Crippen molar-refractivity contribution in [3.8, 4) is 0 Å². The molecule has 1 unspecified atom stereocenters. The zero-order valence-electron chi connectivity index (χ0n) is 19.2. The van der Waals surface area contributed by atoms with Gasteiger partial charge in [0, 0.05) is 25.6 Å². The average molecular weight is 478 g/mol. The summed E-state index contributed by atoms with van der Waals surface area (Å²) in [5, 5.41) is 11.3. The van der Waals surface area contributed by atoms with Gasteiger partial charge in [-0.3, -0.25) is 14.4 Å². The SMILES string of the molecule is O=CN(C[C@@H](CC1CCC1)C(=O)N1C[C@H](F)C[C@H]1C(=O)Nc1cccnn1)OC1CCCCO1. The van der Waals surface area contributed by atoms with E-state index in [0.717, 1.165) is 37.2 Å². The Morgan fingerprint density at radius 1 is 1.32 bits per heavy atom. The Morgan fingerprint density at radius 2 is 2.18 bits per heavy atom. The maximum Gasteiger partial charge on any atom is 0.248 e. The van der Waals surface area contributed by atoms with E-state index < -0.39 is 30.3 Å². The number of carbonyl (C=O) groups is 3. The van der Waals surface area contributed by atoms with Crippen LogP contribution in [0.25, 0.3) is 0 Å². The highest BCUT2D eigenvalue weighted by molar-refractivity contribution is 5.97. The third-order valence-corrected chi connectivity index (χ3v) is 6.76. The van der Waals surface area contributed by atoms with Crippen molar-refractivity contribution in [1.82, 2.24) is 20.2 Å². The first-order valence-electron chi connectivity index (χ1n) is 12.1. The monoisotopic (exact) mass is 477 g/mol. The minimum absolute atomic E-state index is 0.0324. The Morgan fingerprint density at radius 3 is 2.82 bits per heavy atom. The molecule has 34 heavy (non-hydrogen) atoms. The standard InChI is InChI=1S/C23H32FN5O5/c24-18-12-19(22(31)26-20-7-4-9-25-27-20)29(14-18)23(32)17(11-16-5-3-6-16)13-28(15-30)34-21-8-1-2-10-33-21/h4,7,9,15-19,21H,1-3,5-6,8,10-14H2,(H,26,27,31)/t17-,18-,19+,21?/m1/s1. The zero-order chi connectivity index (χ0) is 23.9. The lowest BCUT2D eigenvalue weighted by Crippen LogP contribution is -2.49. The quantitative estimate of drug-likeness (QED) is 0.405. The molecule has 11 heteroatoms. The number of hydrogen-bond acceptors (Lipinski definition) is 7. The molecule has 3 amide bonds. The van der Waals surface area contributed by atoms with Crippen LogP contribution in [0.2, 0.25) is 0 Å². The molecule has 2 saturated heterocycles. The summed E-state index contributed by atoms with van der Waals surface area (Å²) in [7, 11) is 0. The van der Waals surface area contributed by atoms with Crippen molar-refractivity contribution >= 4 is 24.0 Å². The number of halogens is 1. The molecule has 4 rings (SSSR count). The van der Waals surface area contributed by atoms with Gasteiger partial charge in [-0.1, -0.05) is 19.3 Å². The first-order chi connectivity index (χ1) is 16.5. The van der Waals surface area contributed by atoms with Crippen molar-refractivity contribution < 1.29 is 28.3 Å². The van der Waals surface area contributed by atoms with Crippen molar-refractivity contribution in [2.75, 3.05) is 25.0 Å². The largest absolute Gasteiger partial charge is 0.350 e. The van der Waals surface area contributed by atoms with Crippen LogP contribution in [0.4, 0.5) is 10.2 Å². The van der Waals surface area contributed by atoms with Crippen LogP contribution in [0.1, 0.15) is 51.4 Å². The smallest absolute Gasteiger partial charge is 0.248 e. The van der Waals surface area contributed by atoms with Gasteiger partial charge in [0.05, 0.1) is 19.0 Å². The normalized spacial score (nSPS) is 25.9. The molecule has 186 valence electrons. The molecule has 0 bridgehead atoms. The number of hydrogen-bond donors (Lipinski definition) is 1. The van der Waals surface area contributed by atoms with Crippen molar-refractivity contribution in [1.29, 1.82) is 0 Å². The summed E-state index contributed by atoms with van der Waals surface area (Å²) in [5.41, 5.74) is 0. The van der Waals surface area contributed by atoms with Crippen molar-refractivity contribution in [3.63, 3.8) is 0 Å². The molecule has 1 aliphatic carbocycles. The highest BCUT2D eigenvalue weighted by atomic mass is 19.1. The number of aromatic nitrogens is 2. The highest BCUT2D eigenvalue weighted by Gasteiger charge is 2.43. The van der Waals surface area contributed by atoms with Crippen LogP contribution in [0.3, 0.4) is 0 Å². The fourth-order valence-electron chi connectivity index (χ4n) is 4.75. The number of hydroxylamine groups is 2. The summed E-state index contributed by atoms with van der Waals surface area (Å²) < 4.78 is 20.0. The van der Waals surface area contributed by atoms with Crippen LogP contribution >= 0.6 is 0 Å². The molecular weight excluding hydrogens is 445 g/mol. The lowest BCUT2D eigenvalue weighted by Gasteiger charge is -2.35. The van der Waals surface area contributed by atoms with E-state index in [1.165, 1.54) is 11.1 Å². The van der Waals surface area contributed by atoms with Crippen LogP contribution in [-0.2, 0) is 24.0 Å². The van der Waals surface area contributed by atoms with Crippen LogP contribution in [0, 0.1) is 11.8 Å². The number of alkyl halides is 1. The molecule has 4 atom stereocenters. The zero-order valence-corrected chi connectivity index (χ0v) is 19.2. The van der Waals surface area contributed by atoms with Crippen LogP contribution in [0.15, 0.2) is 18.3 Å². The van der Waals surface area contributed by atoms with Crippen molar-refractivity contribution in [3.05, 3.63) is 18.3 Å². The Balaban J connectivity index is 1.44. The molecular formula is C23H32FN5O5. The maximum atomic E-state index is 14.4. The van der Waals surface area contributed by atoms with Gasteiger partial charge in [-0.15, -0.1) is 5.10 Å². The van der Waals surface area contributed by atoms with E-state index in [-0.39, 0.29) is 31.2 Å². The number of likely N-dealkylation sites (tertiary alicyclic amines) is 1. The predicted octanol–water partition coefficient (Wildman–Crippen LogP) is 2.08. The lowest BCUT2D eigenvalue weighted by atomic mass is 9.78. The van der Waals surface area contributed by atoms with E-state index in [1.807, 2.05) is 0 Å². The maximum absolute atomic E-state index is 14.4. The Hall–Kier alpha value is -2.66. The summed E-state index contributed by atoms with van der Waals surface area (Å²) in [4.78, 5) is 45.2. The van der Waals surface area contributed by atoms with Gasteiger partial charge < -0.3 is 15.0 Å². The Labute approximate surface area is 198 Å². The molecule has 3 heterocycles. The molecule has 1 aromatic heterocycles. The number of anilines is 1. The molecule has 10 nitrogen and oxygen atoms in total. The molecule has 0 radical (unpaired) electrons. The molecule has 0 aromatic carbocycles. The summed E-state index contributed by atoms with van der Waals surface area (Å²) in [6.07, 6.45) is 6.37. The predicted molar refractivity (Wildman–Crippen MR) is 119 cm³/mol. The summed E-state index contributed by atoms with van der Waals surface area (Å²) >= 11 is 0. The Bertz CT molecular complexity index is 836. The van der Waals surface area contributed by atoms with Gasteiger partial charge in [0.1, 0.15) is 12.2 Å². The van der Waals surface area contributed by atoms with Crippen molar-refractivity contribution in [2.24, 2.45) is 11.8 Å². The minimum atomic E-state index is -1.31. The molecule has 2 aliphatic heterocycles. The van der Waals surface area contributed by atoms with E-state index in [0.29, 0.717) is 31.8 Å². The fraction of sp³-hybridized carbons (Fsp3) is 0.696. The van der Waals surface area contributed by atoms with E-state index in [9.17, 15) is 18.8 Å². The van der Waals surface area contributed by atoms with Crippen LogP contribution in [0.5, 0.6) is 0 Å². The van der Waals surface area contributed by atoms with Gasteiger partial charge in [0.2, 0.25) is 18.2 Å². The van der Waals surface area contributed by atoms with Gasteiger partial charge in [-0.05, 0) is 37.3 Å². The van der Waals surface area contributed by atoms with Crippen LogP contribution < -0.4 is 5.32 Å². The Kier molecular flexibility index (Phi) is 8.39. The summed E-state index contributed by atoms with van der Waals surface area (Å²) in [6.45, 7) is 0.437. The fourth-order valence-corrected chi connectivity index (χ4v) is 4.75. The number of amides is 3. The number of nitrogens with zero attached hydrogens (tertiary/aromatic N) is 4. The molecule has 0 spiro atoms. The van der Waals surface area contributed by atoms with E-state index in [1.54, 1.807) is 12.1 Å². The third-order valence-electron chi connectivity index (χ3n) is 6.76. The second-order valence-electron chi connectivity index (χ2n) is 9.27. The van der Waals surface area contributed by atoms with Crippen molar-refractivity contribution in [2.45, 2.75) is 69.9 Å². The third kappa shape index (κ3) is 6.26. The van der Waals surface area contributed by atoms with Gasteiger partial charge in [-0.25, -0.2) is 14.3 Å². The van der Waals surface area contributed by atoms with Gasteiger partial charge in [0.25, 0.3) is 0 Å². The summed E-state index contributed by atoms with van der Waals surface area (Å²) in [5.74, 6) is -0.844. The average Bonchev–Trinajstić information content (AvgIpc) is 3.22. The van der Waals surface area contributed by atoms with E-state index >= 15 is 0 Å². The molecule has 1 aromatic rings. The highest BCUT2D eigenvalue weighted by Crippen LogP contribution is 2.34. The molecule has 1 N–H and O–H groups in total. The second kappa shape index (κ2) is 11.7. The molecule has 3 aliphatic rings. The van der Waals surface area contributed by atoms with E-state index in [4.69, 9.17) is 9.57 Å². The van der Waals surface area contributed by atoms with Gasteiger partial charge >= 0.3 is 0 Å². The van der Waals surface area contributed by atoms with E-state index in [2.05, 4.69) is 15.5 Å². The summed E-state index contributed by atoms with van der Waals surface area (Å²) in [6, 6.07) is 2.24. The molecule has 1 saturated carbocycles. The number of nitrogens with one attached hydrogen (secondary N) is 1. The second-order valence-corrected chi connectivity index (χ2v) is 9.27. The minimum Gasteiger partial charge on any atom is -0.350 e.